The van der Waals surface area contributed by atoms with Gasteiger partial charge in [0.25, 0.3) is 5.91 Å². The number of alkyl halides is 3. The predicted octanol–water partition coefficient (Wildman–Crippen LogP) is 1.88. The number of carbonyl (C=O) groups excluding carboxylic acids is 2. The second-order valence-electron chi connectivity index (χ2n) is 7.94. The van der Waals surface area contributed by atoms with E-state index < -0.39 is 23.5 Å². The van der Waals surface area contributed by atoms with Gasteiger partial charge >= 0.3 is 6.18 Å². The standard InChI is InChI=1S/C20H25F4N3O3/c21-16-8-14(7-15(9-16)20(22,23)24)19(30)25-10-13-1-5-27(6-2-13)18(29)12-26-4-3-17(28)11-26/h7-9,13,17,28H,1-6,10-12H2,(H,25,30)/t17-/m1/s1. The van der Waals surface area contributed by atoms with E-state index in [2.05, 4.69) is 5.32 Å². The Kier molecular flexibility index (Phi) is 6.97. The molecule has 166 valence electrons. The molecule has 1 atom stereocenters. The van der Waals surface area contributed by atoms with Crippen LogP contribution in [0.1, 0.15) is 35.2 Å². The zero-order chi connectivity index (χ0) is 21.9. The van der Waals surface area contributed by atoms with Crippen molar-refractivity contribution in [3.63, 3.8) is 0 Å². The number of amides is 2. The van der Waals surface area contributed by atoms with E-state index in [9.17, 15) is 32.3 Å². The van der Waals surface area contributed by atoms with Gasteiger partial charge in [-0.25, -0.2) is 4.39 Å². The molecule has 2 N–H and O–H groups in total. The lowest BCUT2D eigenvalue weighted by molar-refractivity contribution is -0.138. The summed E-state index contributed by atoms with van der Waals surface area (Å²) in [6.07, 6.45) is -3.12. The maximum Gasteiger partial charge on any atom is 0.416 e. The SMILES string of the molecule is O=C(NCC1CCN(C(=O)CN2CC[C@@H](O)C2)CC1)c1cc(F)cc(C(F)(F)F)c1. The molecule has 0 spiro atoms. The first kappa shape index (κ1) is 22.5. The molecular weight excluding hydrogens is 406 g/mol. The summed E-state index contributed by atoms with van der Waals surface area (Å²) in [7, 11) is 0. The van der Waals surface area contributed by atoms with Gasteiger partial charge in [-0.1, -0.05) is 0 Å². The molecule has 2 amide bonds. The molecule has 0 aliphatic carbocycles. The Morgan fingerprint density at radius 2 is 1.80 bits per heavy atom. The van der Waals surface area contributed by atoms with Crippen LogP contribution in [-0.4, -0.2) is 72.1 Å². The fraction of sp³-hybridized carbons (Fsp3) is 0.600. The van der Waals surface area contributed by atoms with E-state index in [4.69, 9.17) is 0 Å². The number of rotatable bonds is 5. The molecule has 2 aliphatic heterocycles. The van der Waals surface area contributed by atoms with Gasteiger partial charge in [0.15, 0.2) is 0 Å². The zero-order valence-corrected chi connectivity index (χ0v) is 16.4. The summed E-state index contributed by atoms with van der Waals surface area (Å²) in [6, 6.07) is 1.77. The third-order valence-corrected chi connectivity index (χ3v) is 5.61. The van der Waals surface area contributed by atoms with Gasteiger partial charge in [0, 0.05) is 38.3 Å². The fourth-order valence-electron chi connectivity index (χ4n) is 3.86. The van der Waals surface area contributed by atoms with E-state index in [-0.39, 0.29) is 36.6 Å². The maximum atomic E-state index is 13.5. The van der Waals surface area contributed by atoms with Crippen molar-refractivity contribution in [2.24, 2.45) is 5.92 Å². The number of aliphatic hydroxyl groups excluding tert-OH is 1. The van der Waals surface area contributed by atoms with E-state index in [1.807, 2.05) is 4.90 Å². The first-order valence-corrected chi connectivity index (χ1v) is 9.96. The van der Waals surface area contributed by atoms with Gasteiger partial charge in [-0.15, -0.1) is 0 Å². The molecule has 3 rings (SSSR count). The minimum absolute atomic E-state index is 0.00558. The normalized spacial score (nSPS) is 21.1. The number of hydrogen-bond acceptors (Lipinski definition) is 4. The second-order valence-corrected chi connectivity index (χ2v) is 7.94. The summed E-state index contributed by atoms with van der Waals surface area (Å²) in [4.78, 5) is 28.2. The molecular formula is C20H25F4N3O3. The first-order valence-electron chi connectivity index (χ1n) is 9.96. The minimum atomic E-state index is -4.73. The lowest BCUT2D eigenvalue weighted by Crippen LogP contribution is -2.45. The van der Waals surface area contributed by atoms with E-state index in [1.54, 1.807) is 4.90 Å². The van der Waals surface area contributed by atoms with Crippen LogP contribution in [0.3, 0.4) is 0 Å². The molecule has 0 unspecified atom stereocenters. The molecule has 10 heteroatoms. The molecule has 2 heterocycles. The quantitative estimate of drug-likeness (QED) is 0.699. The summed E-state index contributed by atoms with van der Waals surface area (Å²) < 4.78 is 51.8. The average molecular weight is 431 g/mol. The number of β-amino-alcohol motifs (C(OH)–C–C–N with tert-alkyl or cyclic N) is 1. The highest BCUT2D eigenvalue weighted by Gasteiger charge is 2.32. The molecule has 0 saturated carbocycles. The Morgan fingerprint density at radius 1 is 1.10 bits per heavy atom. The van der Waals surface area contributed by atoms with Crippen molar-refractivity contribution in [3.05, 3.63) is 35.1 Å². The van der Waals surface area contributed by atoms with E-state index in [0.717, 1.165) is 6.07 Å². The number of aliphatic hydroxyl groups is 1. The van der Waals surface area contributed by atoms with Crippen molar-refractivity contribution in [1.82, 2.24) is 15.1 Å². The van der Waals surface area contributed by atoms with Crippen LogP contribution in [0.5, 0.6) is 0 Å². The number of halogens is 4. The molecule has 30 heavy (non-hydrogen) atoms. The van der Waals surface area contributed by atoms with Crippen LogP contribution in [0.2, 0.25) is 0 Å². The van der Waals surface area contributed by atoms with Crippen molar-refractivity contribution in [1.29, 1.82) is 0 Å². The number of likely N-dealkylation sites (tertiary alicyclic amines) is 2. The number of piperidine rings is 1. The summed E-state index contributed by atoms with van der Waals surface area (Å²) in [5.41, 5.74) is -1.58. The lowest BCUT2D eigenvalue weighted by atomic mass is 9.96. The van der Waals surface area contributed by atoms with Crippen LogP contribution in [0.25, 0.3) is 0 Å². The summed E-state index contributed by atoms with van der Waals surface area (Å²) >= 11 is 0. The lowest BCUT2D eigenvalue weighted by Gasteiger charge is -2.33. The van der Waals surface area contributed by atoms with E-state index >= 15 is 0 Å². The Hall–Kier alpha value is -2.20. The molecule has 6 nitrogen and oxygen atoms in total. The molecule has 1 aromatic rings. The highest BCUT2D eigenvalue weighted by molar-refractivity contribution is 5.94. The first-order chi connectivity index (χ1) is 14.1. The van der Waals surface area contributed by atoms with Gasteiger partial charge in [0.05, 0.1) is 18.2 Å². The minimum Gasteiger partial charge on any atom is -0.392 e. The number of benzene rings is 1. The van der Waals surface area contributed by atoms with Crippen LogP contribution in [0, 0.1) is 11.7 Å². The van der Waals surface area contributed by atoms with Gasteiger partial charge in [-0.2, -0.15) is 13.2 Å². The highest BCUT2D eigenvalue weighted by atomic mass is 19.4. The van der Waals surface area contributed by atoms with Crippen LogP contribution in [0.4, 0.5) is 17.6 Å². The van der Waals surface area contributed by atoms with E-state index in [0.29, 0.717) is 57.6 Å². The van der Waals surface area contributed by atoms with Crippen molar-refractivity contribution in [3.8, 4) is 0 Å². The van der Waals surface area contributed by atoms with Crippen LogP contribution >= 0.6 is 0 Å². The molecule has 2 saturated heterocycles. The molecule has 0 aromatic heterocycles. The third-order valence-electron chi connectivity index (χ3n) is 5.61. The number of nitrogens with one attached hydrogen (secondary N) is 1. The average Bonchev–Trinajstić information content (AvgIpc) is 3.10. The van der Waals surface area contributed by atoms with Crippen LogP contribution in [0.15, 0.2) is 18.2 Å². The second kappa shape index (κ2) is 9.30. The van der Waals surface area contributed by atoms with Gasteiger partial charge < -0.3 is 15.3 Å². The zero-order valence-electron chi connectivity index (χ0n) is 16.4. The molecule has 1 aromatic carbocycles. The highest BCUT2D eigenvalue weighted by Crippen LogP contribution is 2.30. The largest absolute Gasteiger partial charge is 0.416 e. The summed E-state index contributed by atoms with van der Waals surface area (Å²) in [6.45, 7) is 2.80. The van der Waals surface area contributed by atoms with Crippen LogP contribution < -0.4 is 5.32 Å². The van der Waals surface area contributed by atoms with Crippen molar-refractivity contribution in [2.45, 2.75) is 31.5 Å². The number of carbonyl (C=O) groups is 2. The maximum absolute atomic E-state index is 13.5. The van der Waals surface area contributed by atoms with Gasteiger partial charge in [-0.3, -0.25) is 14.5 Å². The topological polar surface area (TPSA) is 72.9 Å². The number of nitrogens with zero attached hydrogens (tertiary/aromatic N) is 2. The van der Waals surface area contributed by atoms with Crippen molar-refractivity contribution < 1.29 is 32.3 Å². The molecule has 2 fully saturated rings. The van der Waals surface area contributed by atoms with Crippen molar-refractivity contribution >= 4 is 11.8 Å². The fourth-order valence-corrected chi connectivity index (χ4v) is 3.86. The number of hydrogen-bond donors (Lipinski definition) is 2. The Balaban J connectivity index is 1.45. The van der Waals surface area contributed by atoms with E-state index in [1.165, 1.54) is 0 Å². The summed E-state index contributed by atoms with van der Waals surface area (Å²) in [5, 5.41) is 12.1. The Morgan fingerprint density at radius 3 is 2.40 bits per heavy atom. The molecule has 0 bridgehead atoms. The predicted molar refractivity (Wildman–Crippen MR) is 100 cm³/mol. The van der Waals surface area contributed by atoms with Gasteiger partial charge in [-0.05, 0) is 43.4 Å². The Labute approximate surface area is 171 Å². The molecule has 0 radical (unpaired) electrons. The smallest absolute Gasteiger partial charge is 0.392 e. The monoisotopic (exact) mass is 431 g/mol. The molecule has 2 aliphatic rings. The Bertz CT molecular complexity index is 779. The summed E-state index contributed by atoms with van der Waals surface area (Å²) in [5.74, 6) is -1.79. The van der Waals surface area contributed by atoms with Crippen molar-refractivity contribution in [2.75, 3.05) is 39.3 Å². The van der Waals surface area contributed by atoms with Gasteiger partial charge in [0.1, 0.15) is 5.82 Å². The third kappa shape index (κ3) is 5.91. The van der Waals surface area contributed by atoms with Crippen LogP contribution in [-0.2, 0) is 11.0 Å². The van der Waals surface area contributed by atoms with Gasteiger partial charge in [0.2, 0.25) is 5.91 Å².